The normalized spacial score (nSPS) is 21.4. The first-order valence-corrected chi connectivity index (χ1v) is 9.12. The van der Waals surface area contributed by atoms with Crippen molar-refractivity contribution in [2.45, 2.75) is 32.3 Å². The predicted octanol–water partition coefficient (Wildman–Crippen LogP) is 3.54. The second-order valence-corrected chi connectivity index (χ2v) is 7.68. The molecule has 2 unspecified atom stereocenters. The van der Waals surface area contributed by atoms with Gasteiger partial charge < -0.3 is 14.9 Å². The standard InChI is InChI=1S/C15H16I2O5/c16-11-5-8(6-12(17)13(11)18)7-22-15(21)10-4-2-1-3-9(10)14(19)20/h5-6,9-10,18H,1-4,7H2,(H,19,20). The highest BCUT2D eigenvalue weighted by Crippen LogP contribution is 2.32. The van der Waals surface area contributed by atoms with E-state index in [1.807, 2.05) is 45.2 Å². The third kappa shape index (κ3) is 4.24. The maximum Gasteiger partial charge on any atom is 0.310 e. The fourth-order valence-electron chi connectivity index (χ4n) is 2.67. The van der Waals surface area contributed by atoms with Gasteiger partial charge in [0.1, 0.15) is 12.4 Å². The van der Waals surface area contributed by atoms with Crippen LogP contribution in [-0.2, 0) is 20.9 Å². The molecule has 0 radical (unpaired) electrons. The first-order chi connectivity index (χ1) is 10.4. The Labute approximate surface area is 155 Å². The van der Waals surface area contributed by atoms with E-state index >= 15 is 0 Å². The summed E-state index contributed by atoms with van der Waals surface area (Å²) in [5.41, 5.74) is 0.780. The average Bonchev–Trinajstić information content (AvgIpc) is 2.50. The Morgan fingerprint density at radius 2 is 1.68 bits per heavy atom. The van der Waals surface area contributed by atoms with Gasteiger partial charge in [0.05, 0.1) is 19.0 Å². The summed E-state index contributed by atoms with van der Waals surface area (Å²) in [7, 11) is 0. The number of halogens is 2. The first kappa shape index (κ1) is 17.8. The molecule has 7 heteroatoms. The van der Waals surface area contributed by atoms with Gasteiger partial charge in [-0.2, -0.15) is 0 Å². The maximum atomic E-state index is 12.2. The summed E-state index contributed by atoms with van der Waals surface area (Å²) in [6.45, 7) is 0.0912. The van der Waals surface area contributed by atoms with Crippen LogP contribution in [0.3, 0.4) is 0 Å². The number of carboxylic acids is 1. The molecule has 2 rings (SSSR count). The molecule has 0 heterocycles. The Kier molecular flexibility index (Phi) is 6.30. The first-order valence-electron chi connectivity index (χ1n) is 6.96. The van der Waals surface area contributed by atoms with E-state index in [9.17, 15) is 19.8 Å². The lowest BCUT2D eigenvalue weighted by molar-refractivity contribution is -0.160. The molecule has 0 saturated heterocycles. The fourth-order valence-corrected chi connectivity index (χ4v) is 4.57. The zero-order valence-electron chi connectivity index (χ0n) is 11.7. The van der Waals surface area contributed by atoms with E-state index in [1.54, 1.807) is 12.1 Å². The number of ether oxygens (including phenoxy) is 1. The van der Waals surface area contributed by atoms with Gasteiger partial charge in [0.25, 0.3) is 0 Å². The van der Waals surface area contributed by atoms with Crippen LogP contribution in [0.1, 0.15) is 31.2 Å². The molecule has 5 nitrogen and oxygen atoms in total. The second-order valence-electron chi connectivity index (χ2n) is 5.35. The largest absolute Gasteiger partial charge is 0.506 e. The molecule has 1 aliphatic rings. The van der Waals surface area contributed by atoms with Crippen LogP contribution in [0.4, 0.5) is 0 Å². The van der Waals surface area contributed by atoms with Crippen molar-refractivity contribution in [3.63, 3.8) is 0 Å². The lowest BCUT2D eigenvalue weighted by Crippen LogP contribution is -2.33. The number of aliphatic carboxylic acids is 1. The minimum atomic E-state index is -0.921. The van der Waals surface area contributed by atoms with Gasteiger partial charge in [-0.3, -0.25) is 9.59 Å². The van der Waals surface area contributed by atoms with Gasteiger partial charge in [-0.25, -0.2) is 0 Å². The molecular weight excluding hydrogens is 514 g/mol. The minimum Gasteiger partial charge on any atom is -0.506 e. The summed E-state index contributed by atoms with van der Waals surface area (Å²) >= 11 is 4.03. The predicted molar refractivity (Wildman–Crippen MR) is 96.4 cm³/mol. The number of phenolic OH excluding ortho intramolecular Hbond substituents is 1. The second kappa shape index (κ2) is 7.80. The number of aromatic hydroxyl groups is 1. The Hall–Kier alpha value is -0.580. The zero-order chi connectivity index (χ0) is 16.3. The molecule has 22 heavy (non-hydrogen) atoms. The third-order valence-corrected chi connectivity index (χ3v) is 5.49. The summed E-state index contributed by atoms with van der Waals surface area (Å²) < 4.78 is 6.69. The van der Waals surface area contributed by atoms with Crippen LogP contribution >= 0.6 is 45.2 Å². The average molecular weight is 530 g/mol. The van der Waals surface area contributed by atoms with E-state index in [0.717, 1.165) is 18.4 Å². The SMILES string of the molecule is O=C(O)C1CCCCC1C(=O)OCc1cc(I)c(O)c(I)c1. The van der Waals surface area contributed by atoms with Crippen molar-refractivity contribution < 1.29 is 24.5 Å². The zero-order valence-corrected chi connectivity index (χ0v) is 16.0. The topological polar surface area (TPSA) is 83.8 Å². The summed E-state index contributed by atoms with van der Waals surface area (Å²) in [6, 6.07) is 3.50. The van der Waals surface area contributed by atoms with Gasteiger partial charge in [0.15, 0.2) is 0 Å². The molecule has 0 bridgehead atoms. The highest BCUT2D eigenvalue weighted by atomic mass is 127. The molecule has 2 atom stereocenters. The van der Waals surface area contributed by atoms with Crippen molar-refractivity contribution in [3.05, 3.63) is 24.8 Å². The molecule has 1 aliphatic carbocycles. The van der Waals surface area contributed by atoms with Gasteiger partial charge in [0.2, 0.25) is 0 Å². The Balaban J connectivity index is 2.01. The van der Waals surface area contributed by atoms with E-state index in [0.29, 0.717) is 20.0 Å². The van der Waals surface area contributed by atoms with Gasteiger partial charge >= 0.3 is 11.9 Å². The van der Waals surface area contributed by atoms with Crippen LogP contribution in [0, 0.1) is 19.0 Å². The maximum absolute atomic E-state index is 12.2. The number of esters is 1. The summed E-state index contributed by atoms with van der Waals surface area (Å²) in [6.07, 6.45) is 2.80. The van der Waals surface area contributed by atoms with Crippen LogP contribution in [0.5, 0.6) is 5.75 Å². The Bertz CT molecular complexity index is 564. The molecule has 0 spiro atoms. The quantitative estimate of drug-likeness (QED) is 0.460. The molecule has 1 aromatic carbocycles. The van der Waals surface area contributed by atoms with Crippen LogP contribution in [0.25, 0.3) is 0 Å². The molecule has 1 aromatic rings. The molecule has 1 saturated carbocycles. The number of hydrogen-bond acceptors (Lipinski definition) is 4. The molecule has 2 N–H and O–H groups in total. The number of hydrogen-bond donors (Lipinski definition) is 2. The van der Waals surface area contributed by atoms with Crippen LogP contribution in [0.2, 0.25) is 0 Å². The van der Waals surface area contributed by atoms with Crippen molar-refractivity contribution in [1.82, 2.24) is 0 Å². The summed E-state index contributed by atoms with van der Waals surface area (Å²) in [5, 5.41) is 18.9. The van der Waals surface area contributed by atoms with E-state index in [2.05, 4.69) is 0 Å². The number of carbonyl (C=O) groups is 2. The number of benzene rings is 1. The Morgan fingerprint density at radius 1 is 1.14 bits per heavy atom. The molecule has 0 aliphatic heterocycles. The smallest absolute Gasteiger partial charge is 0.310 e. The highest BCUT2D eigenvalue weighted by molar-refractivity contribution is 14.1. The number of phenols is 1. The number of carbonyl (C=O) groups excluding carboxylic acids is 1. The van der Waals surface area contributed by atoms with Crippen LogP contribution in [0.15, 0.2) is 12.1 Å². The van der Waals surface area contributed by atoms with E-state index < -0.39 is 23.8 Å². The van der Waals surface area contributed by atoms with E-state index in [1.165, 1.54) is 0 Å². The van der Waals surface area contributed by atoms with Gasteiger partial charge in [0, 0.05) is 0 Å². The van der Waals surface area contributed by atoms with Gasteiger partial charge in [-0.1, -0.05) is 12.8 Å². The van der Waals surface area contributed by atoms with Crippen molar-refractivity contribution in [2.24, 2.45) is 11.8 Å². The Morgan fingerprint density at radius 3 is 2.23 bits per heavy atom. The van der Waals surface area contributed by atoms with E-state index in [4.69, 9.17) is 4.74 Å². The molecular formula is C15H16I2O5. The monoisotopic (exact) mass is 530 g/mol. The lowest BCUT2D eigenvalue weighted by Gasteiger charge is -2.26. The molecule has 0 aromatic heterocycles. The molecule has 0 amide bonds. The van der Waals surface area contributed by atoms with Crippen molar-refractivity contribution in [2.75, 3.05) is 0 Å². The number of rotatable bonds is 4. The molecule has 1 fully saturated rings. The van der Waals surface area contributed by atoms with E-state index in [-0.39, 0.29) is 12.4 Å². The van der Waals surface area contributed by atoms with Crippen LogP contribution in [-0.4, -0.2) is 22.2 Å². The van der Waals surface area contributed by atoms with Gasteiger partial charge in [-0.05, 0) is 75.7 Å². The fraction of sp³-hybridized carbons (Fsp3) is 0.467. The highest BCUT2D eigenvalue weighted by Gasteiger charge is 2.36. The van der Waals surface area contributed by atoms with Crippen molar-refractivity contribution >= 4 is 57.1 Å². The lowest BCUT2D eigenvalue weighted by atomic mass is 9.79. The van der Waals surface area contributed by atoms with Gasteiger partial charge in [-0.15, -0.1) is 0 Å². The minimum absolute atomic E-state index is 0.0912. The van der Waals surface area contributed by atoms with Crippen molar-refractivity contribution in [1.29, 1.82) is 0 Å². The van der Waals surface area contributed by atoms with Crippen LogP contribution < -0.4 is 0 Å². The van der Waals surface area contributed by atoms with Crippen molar-refractivity contribution in [3.8, 4) is 5.75 Å². The number of carboxylic acid groups (broad SMARTS) is 1. The summed E-state index contributed by atoms with van der Waals surface area (Å²) in [5.74, 6) is -2.34. The molecule has 120 valence electrons. The third-order valence-electron chi connectivity index (χ3n) is 3.84. The summed E-state index contributed by atoms with van der Waals surface area (Å²) in [4.78, 5) is 23.4.